The molecule has 0 saturated carbocycles. The van der Waals surface area contributed by atoms with E-state index in [2.05, 4.69) is 4.74 Å². The molecular formula is C18H18O5. The smallest absolute Gasteiger partial charge is 0.343 e. The molecular weight excluding hydrogens is 296 g/mol. The summed E-state index contributed by atoms with van der Waals surface area (Å²) in [5.74, 6) is -0.419. The van der Waals surface area contributed by atoms with Gasteiger partial charge in [-0.25, -0.2) is 4.79 Å². The van der Waals surface area contributed by atoms with Crippen molar-refractivity contribution in [3.8, 4) is 5.75 Å². The van der Waals surface area contributed by atoms with Crippen molar-refractivity contribution in [2.24, 2.45) is 0 Å². The van der Waals surface area contributed by atoms with Crippen LogP contribution in [0.3, 0.4) is 0 Å². The summed E-state index contributed by atoms with van der Waals surface area (Å²) in [6.45, 7) is 0.113. The van der Waals surface area contributed by atoms with Crippen molar-refractivity contribution in [1.29, 1.82) is 0 Å². The molecule has 0 heterocycles. The number of Topliss-reactive ketones (excluding diaryl/α,β-unsaturated/α-hetero) is 1. The van der Waals surface area contributed by atoms with Gasteiger partial charge in [-0.15, -0.1) is 0 Å². The Labute approximate surface area is 134 Å². The van der Waals surface area contributed by atoms with Gasteiger partial charge in [-0.05, 0) is 17.7 Å². The maximum absolute atomic E-state index is 12.4. The Morgan fingerprint density at radius 2 is 1.61 bits per heavy atom. The fourth-order valence-corrected chi connectivity index (χ4v) is 2.01. The maximum Gasteiger partial charge on any atom is 0.343 e. The summed E-state index contributed by atoms with van der Waals surface area (Å²) in [6.07, 6.45) is -1.29. The zero-order valence-electron chi connectivity index (χ0n) is 13.0. The van der Waals surface area contributed by atoms with Crippen molar-refractivity contribution < 1.29 is 23.8 Å². The number of ketones is 1. The first-order chi connectivity index (χ1) is 11.2. The molecule has 0 spiro atoms. The van der Waals surface area contributed by atoms with Crippen LogP contribution in [-0.4, -0.2) is 32.1 Å². The Balaban J connectivity index is 2.09. The van der Waals surface area contributed by atoms with E-state index in [9.17, 15) is 9.59 Å². The molecule has 5 nitrogen and oxygen atoms in total. The predicted molar refractivity (Wildman–Crippen MR) is 84.4 cm³/mol. The van der Waals surface area contributed by atoms with Gasteiger partial charge in [-0.2, -0.15) is 0 Å². The second-order valence-corrected chi connectivity index (χ2v) is 4.79. The first kappa shape index (κ1) is 16.7. The molecule has 0 aliphatic heterocycles. The van der Waals surface area contributed by atoms with Crippen LogP contribution in [0.2, 0.25) is 0 Å². The predicted octanol–water partition coefficient (Wildman–Crippen LogP) is 2.64. The molecule has 0 aliphatic rings. The van der Waals surface area contributed by atoms with Crippen molar-refractivity contribution in [3.63, 3.8) is 0 Å². The molecule has 0 aliphatic carbocycles. The fraction of sp³-hybridized carbons (Fsp3) is 0.222. The topological polar surface area (TPSA) is 61.8 Å². The van der Waals surface area contributed by atoms with Crippen LogP contribution in [0.1, 0.15) is 15.9 Å². The molecule has 0 bridgehead atoms. The van der Waals surface area contributed by atoms with Crippen LogP contribution in [0.15, 0.2) is 54.6 Å². The van der Waals surface area contributed by atoms with Crippen molar-refractivity contribution in [2.75, 3.05) is 14.2 Å². The second-order valence-electron chi connectivity index (χ2n) is 4.79. The van der Waals surface area contributed by atoms with E-state index in [1.807, 2.05) is 0 Å². The summed E-state index contributed by atoms with van der Waals surface area (Å²) < 4.78 is 15.3. The van der Waals surface area contributed by atoms with Gasteiger partial charge in [0, 0.05) is 5.56 Å². The standard InChI is InChI=1S/C18H18O5/c1-21-15-10-8-13(9-11-15)12-23-17(18(20)22-2)16(19)14-6-4-3-5-7-14/h3-11,17H,12H2,1-2H3. The summed E-state index contributed by atoms with van der Waals surface area (Å²) in [5, 5.41) is 0. The van der Waals surface area contributed by atoms with E-state index in [4.69, 9.17) is 9.47 Å². The minimum Gasteiger partial charge on any atom is -0.497 e. The third-order valence-corrected chi connectivity index (χ3v) is 3.29. The van der Waals surface area contributed by atoms with Crippen LogP contribution in [0.4, 0.5) is 0 Å². The quantitative estimate of drug-likeness (QED) is 0.447. The van der Waals surface area contributed by atoms with E-state index in [-0.39, 0.29) is 6.61 Å². The van der Waals surface area contributed by atoms with Gasteiger partial charge in [0.25, 0.3) is 0 Å². The van der Waals surface area contributed by atoms with Crippen LogP contribution in [0.5, 0.6) is 5.75 Å². The van der Waals surface area contributed by atoms with Crippen LogP contribution in [0.25, 0.3) is 0 Å². The Morgan fingerprint density at radius 3 is 2.17 bits per heavy atom. The average molecular weight is 314 g/mol. The summed E-state index contributed by atoms with van der Waals surface area (Å²) >= 11 is 0. The minimum atomic E-state index is -1.29. The third-order valence-electron chi connectivity index (χ3n) is 3.29. The molecule has 0 saturated heterocycles. The number of hydrogen-bond acceptors (Lipinski definition) is 5. The lowest BCUT2D eigenvalue weighted by Gasteiger charge is -2.15. The zero-order valence-corrected chi connectivity index (χ0v) is 13.0. The molecule has 0 amide bonds. The highest BCUT2D eigenvalue weighted by molar-refractivity contribution is 6.11. The molecule has 5 heteroatoms. The van der Waals surface area contributed by atoms with E-state index in [1.165, 1.54) is 7.11 Å². The number of carbonyl (C=O) groups excluding carboxylic acids is 2. The van der Waals surface area contributed by atoms with Gasteiger partial charge in [0.05, 0.1) is 20.8 Å². The van der Waals surface area contributed by atoms with Crippen LogP contribution < -0.4 is 4.74 Å². The lowest BCUT2D eigenvalue weighted by atomic mass is 10.1. The van der Waals surface area contributed by atoms with Crippen molar-refractivity contribution in [1.82, 2.24) is 0 Å². The van der Waals surface area contributed by atoms with E-state index in [1.54, 1.807) is 61.7 Å². The number of benzene rings is 2. The minimum absolute atomic E-state index is 0.113. The normalized spacial score (nSPS) is 11.6. The summed E-state index contributed by atoms with van der Waals surface area (Å²) in [4.78, 5) is 24.3. The molecule has 2 rings (SSSR count). The lowest BCUT2D eigenvalue weighted by molar-refractivity contribution is -0.151. The van der Waals surface area contributed by atoms with Crippen LogP contribution in [-0.2, 0) is 20.9 Å². The van der Waals surface area contributed by atoms with Crippen molar-refractivity contribution >= 4 is 11.8 Å². The Kier molecular flexibility index (Phi) is 5.88. The number of carbonyl (C=O) groups is 2. The molecule has 2 aromatic rings. The van der Waals surface area contributed by atoms with Gasteiger partial charge in [0.2, 0.25) is 11.9 Å². The summed E-state index contributed by atoms with van der Waals surface area (Å²) in [5.41, 5.74) is 1.22. The highest BCUT2D eigenvalue weighted by Gasteiger charge is 2.29. The van der Waals surface area contributed by atoms with Crippen LogP contribution in [0, 0.1) is 0 Å². The number of rotatable bonds is 7. The molecule has 0 aromatic heterocycles. The number of ether oxygens (including phenoxy) is 3. The van der Waals surface area contributed by atoms with Gasteiger partial charge >= 0.3 is 5.97 Å². The van der Waals surface area contributed by atoms with Gasteiger partial charge in [0.15, 0.2) is 0 Å². The first-order valence-electron chi connectivity index (χ1n) is 7.07. The monoisotopic (exact) mass is 314 g/mol. The summed E-state index contributed by atoms with van der Waals surface area (Å²) in [7, 11) is 2.81. The molecule has 1 unspecified atom stereocenters. The number of hydrogen-bond donors (Lipinski definition) is 0. The largest absolute Gasteiger partial charge is 0.497 e. The Bertz CT molecular complexity index is 649. The van der Waals surface area contributed by atoms with Gasteiger partial charge < -0.3 is 14.2 Å². The number of methoxy groups -OCH3 is 2. The highest BCUT2D eigenvalue weighted by Crippen LogP contribution is 2.14. The van der Waals surface area contributed by atoms with Crippen LogP contribution >= 0.6 is 0 Å². The highest BCUT2D eigenvalue weighted by atomic mass is 16.6. The Hall–Kier alpha value is -2.66. The Morgan fingerprint density at radius 1 is 0.957 bits per heavy atom. The third kappa shape index (κ3) is 4.40. The lowest BCUT2D eigenvalue weighted by Crippen LogP contribution is -2.34. The van der Waals surface area contributed by atoms with E-state index in [0.717, 1.165) is 11.3 Å². The molecule has 0 fully saturated rings. The SMILES string of the molecule is COC(=O)C(OCc1ccc(OC)cc1)C(=O)c1ccccc1. The number of esters is 1. The second kappa shape index (κ2) is 8.10. The van der Waals surface area contributed by atoms with Gasteiger partial charge in [-0.3, -0.25) is 4.79 Å². The molecule has 1 atom stereocenters. The van der Waals surface area contributed by atoms with Gasteiger partial charge in [-0.1, -0.05) is 42.5 Å². The molecule has 120 valence electrons. The van der Waals surface area contributed by atoms with E-state index < -0.39 is 17.9 Å². The maximum atomic E-state index is 12.4. The van der Waals surface area contributed by atoms with Crippen molar-refractivity contribution in [3.05, 3.63) is 65.7 Å². The summed E-state index contributed by atoms with van der Waals surface area (Å²) in [6, 6.07) is 15.7. The molecule has 23 heavy (non-hydrogen) atoms. The molecule has 2 aromatic carbocycles. The molecule has 0 N–H and O–H groups in total. The fourth-order valence-electron chi connectivity index (χ4n) is 2.01. The van der Waals surface area contributed by atoms with E-state index in [0.29, 0.717) is 5.56 Å². The average Bonchev–Trinajstić information content (AvgIpc) is 2.62. The van der Waals surface area contributed by atoms with Crippen molar-refractivity contribution in [2.45, 2.75) is 12.7 Å². The van der Waals surface area contributed by atoms with Gasteiger partial charge in [0.1, 0.15) is 5.75 Å². The zero-order chi connectivity index (χ0) is 16.7. The van der Waals surface area contributed by atoms with E-state index >= 15 is 0 Å². The first-order valence-corrected chi connectivity index (χ1v) is 7.07. The molecule has 0 radical (unpaired) electrons.